The molecule has 1 N–H and O–H groups in total. The van der Waals surface area contributed by atoms with Gasteiger partial charge in [-0.2, -0.15) is 0 Å². The van der Waals surface area contributed by atoms with Crippen LogP contribution < -0.4 is 0 Å². The van der Waals surface area contributed by atoms with Crippen molar-refractivity contribution in [1.29, 1.82) is 0 Å². The number of Topliss-reactive ketones (excluding diaryl/α,β-unsaturated/α-hetero) is 1. The molecule has 5 aliphatic rings. The maximum absolute atomic E-state index is 14.1. The van der Waals surface area contributed by atoms with Gasteiger partial charge in [-0.1, -0.05) is 32.4 Å². The van der Waals surface area contributed by atoms with Crippen LogP contribution in [0.2, 0.25) is 0 Å². The number of hydrogen-bond acceptors (Lipinski definition) is 8. The topological polar surface area (TPSA) is 116 Å². The Morgan fingerprint density at radius 3 is 2.36 bits per heavy atom. The average molecular weight is 501 g/mol. The van der Waals surface area contributed by atoms with Gasteiger partial charge in [0.25, 0.3) is 0 Å². The molecule has 4 aliphatic carbocycles. The molecule has 1 saturated heterocycles. The summed E-state index contributed by atoms with van der Waals surface area (Å²) in [5, 5.41) is 11.3. The largest absolute Gasteiger partial charge is 0.511 e. The summed E-state index contributed by atoms with van der Waals surface area (Å²) in [5.74, 6) is -2.77. The summed E-state index contributed by atoms with van der Waals surface area (Å²) in [5.41, 5.74) is -4.90. The van der Waals surface area contributed by atoms with Crippen LogP contribution in [0, 0.1) is 38.9 Å². The van der Waals surface area contributed by atoms with Gasteiger partial charge in [0.2, 0.25) is 0 Å². The number of ether oxygens (including phenoxy) is 3. The number of aliphatic hydroxyl groups is 1. The minimum atomic E-state index is -1.74. The second-order valence-electron chi connectivity index (χ2n) is 12.5. The Bertz CT molecular complexity index is 1180. The maximum Gasteiger partial charge on any atom is 0.321 e. The predicted molar refractivity (Wildman–Crippen MR) is 127 cm³/mol. The van der Waals surface area contributed by atoms with E-state index in [1.165, 1.54) is 14.0 Å². The second kappa shape index (κ2) is 7.01. The zero-order valence-electron chi connectivity index (χ0n) is 22.3. The second-order valence-corrected chi connectivity index (χ2v) is 12.5. The van der Waals surface area contributed by atoms with Crippen molar-refractivity contribution in [2.24, 2.45) is 38.9 Å². The molecular formula is C28H36O8. The van der Waals surface area contributed by atoms with Crippen LogP contribution in [0.25, 0.3) is 0 Å². The molecule has 0 aromatic heterocycles. The SMILES string of the molecule is COC(=O)[C@]12C(=O)C(C)=C(O)[C@@]1(C)C(C)=C[C@@H]1[C@@]34CC[C@@H](OC(C)=O)C(C)(C)[C@@H]3[C@@H](C[C@]12C)OC4=O. The molecule has 1 aliphatic heterocycles. The van der Waals surface area contributed by atoms with Gasteiger partial charge in [0.1, 0.15) is 18.0 Å². The van der Waals surface area contributed by atoms with Crippen molar-refractivity contribution in [1.82, 2.24) is 0 Å². The monoisotopic (exact) mass is 500 g/mol. The Morgan fingerprint density at radius 2 is 1.78 bits per heavy atom. The first-order chi connectivity index (χ1) is 16.6. The van der Waals surface area contributed by atoms with Gasteiger partial charge >= 0.3 is 17.9 Å². The molecule has 0 aromatic carbocycles. The molecule has 0 aromatic rings. The smallest absolute Gasteiger partial charge is 0.321 e. The fraction of sp³-hybridized carbons (Fsp3) is 0.714. The quantitative estimate of drug-likeness (QED) is 0.263. The van der Waals surface area contributed by atoms with Crippen molar-refractivity contribution in [3.8, 4) is 0 Å². The summed E-state index contributed by atoms with van der Waals surface area (Å²) in [6.45, 7) is 12.4. The number of esters is 3. The van der Waals surface area contributed by atoms with E-state index in [1.807, 2.05) is 33.8 Å². The lowest BCUT2D eigenvalue weighted by atomic mass is 9.33. The number of hydrogen-bond donors (Lipinski definition) is 1. The Morgan fingerprint density at radius 1 is 1.14 bits per heavy atom. The maximum atomic E-state index is 14.1. The number of fused-ring (bicyclic) bond motifs is 3. The molecule has 8 atom stereocenters. The zero-order chi connectivity index (χ0) is 26.8. The first kappa shape index (κ1) is 25.0. The molecule has 8 nitrogen and oxygen atoms in total. The first-order valence-corrected chi connectivity index (χ1v) is 12.7. The molecule has 8 heteroatoms. The molecule has 5 rings (SSSR count). The van der Waals surface area contributed by atoms with Gasteiger partial charge < -0.3 is 19.3 Å². The number of ketones is 1. The minimum absolute atomic E-state index is 0.121. The van der Waals surface area contributed by atoms with Crippen LogP contribution in [-0.4, -0.2) is 48.1 Å². The summed E-state index contributed by atoms with van der Waals surface area (Å²) >= 11 is 0. The van der Waals surface area contributed by atoms with Crippen molar-refractivity contribution >= 4 is 23.7 Å². The van der Waals surface area contributed by atoms with E-state index in [4.69, 9.17) is 14.2 Å². The highest BCUT2D eigenvalue weighted by molar-refractivity contribution is 6.17. The third-order valence-corrected chi connectivity index (χ3v) is 11.0. The van der Waals surface area contributed by atoms with E-state index in [0.29, 0.717) is 18.4 Å². The van der Waals surface area contributed by atoms with Gasteiger partial charge in [-0.15, -0.1) is 0 Å². The Kier molecular flexibility index (Phi) is 4.88. The number of aliphatic hydroxyl groups excluding tert-OH is 1. The molecule has 0 unspecified atom stereocenters. The van der Waals surface area contributed by atoms with Gasteiger partial charge in [0, 0.05) is 35.2 Å². The predicted octanol–water partition coefficient (Wildman–Crippen LogP) is 3.83. The van der Waals surface area contributed by atoms with Gasteiger partial charge in [0.05, 0.1) is 17.9 Å². The van der Waals surface area contributed by atoms with Gasteiger partial charge in [0.15, 0.2) is 11.2 Å². The summed E-state index contributed by atoms with van der Waals surface area (Å²) in [4.78, 5) is 53.7. The Balaban J connectivity index is 1.79. The summed E-state index contributed by atoms with van der Waals surface area (Å²) in [6, 6.07) is 0. The van der Waals surface area contributed by atoms with Crippen LogP contribution in [0.15, 0.2) is 23.0 Å². The highest BCUT2D eigenvalue weighted by Crippen LogP contribution is 2.79. The molecule has 2 saturated carbocycles. The van der Waals surface area contributed by atoms with E-state index in [2.05, 4.69) is 0 Å². The lowest BCUT2D eigenvalue weighted by molar-refractivity contribution is -0.216. The highest BCUT2D eigenvalue weighted by Gasteiger charge is 2.84. The van der Waals surface area contributed by atoms with Crippen LogP contribution >= 0.6 is 0 Å². The van der Waals surface area contributed by atoms with Crippen LogP contribution in [0.4, 0.5) is 0 Å². The van der Waals surface area contributed by atoms with E-state index in [0.717, 1.165) is 0 Å². The van der Waals surface area contributed by atoms with Crippen LogP contribution in [-0.2, 0) is 33.4 Å². The molecule has 3 fully saturated rings. The van der Waals surface area contributed by atoms with Crippen LogP contribution in [0.5, 0.6) is 0 Å². The normalized spacial score (nSPS) is 46.3. The first-order valence-electron chi connectivity index (χ1n) is 12.7. The molecule has 36 heavy (non-hydrogen) atoms. The molecule has 196 valence electrons. The molecule has 0 spiro atoms. The molecule has 0 radical (unpaired) electrons. The van der Waals surface area contributed by atoms with E-state index in [9.17, 15) is 24.3 Å². The Labute approximate surface area is 211 Å². The molecule has 1 heterocycles. The van der Waals surface area contributed by atoms with E-state index in [1.54, 1.807) is 13.8 Å². The number of carbonyl (C=O) groups excluding carboxylic acids is 4. The van der Waals surface area contributed by atoms with Crippen molar-refractivity contribution < 1.29 is 38.5 Å². The summed E-state index contributed by atoms with van der Waals surface area (Å²) < 4.78 is 17.1. The average Bonchev–Trinajstić information content (AvgIpc) is 3.12. The Hall–Kier alpha value is -2.64. The fourth-order valence-electron chi connectivity index (χ4n) is 9.58. The van der Waals surface area contributed by atoms with Crippen molar-refractivity contribution in [2.45, 2.75) is 79.9 Å². The third kappa shape index (κ3) is 2.29. The van der Waals surface area contributed by atoms with Gasteiger partial charge in [-0.05, 0) is 40.0 Å². The molecule has 2 bridgehead atoms. The van der Waals surface area contributed by atoms with Crippen LogP contribution in [0.1, 0.15) is 67.7 Å². The van der Waals surface area contributed by atoms with Crippen molar-refractivity contribution in [2.75, 3.05) is 7.11 Å². The lowest BCUT2D eigenvalue weighted by Gasteiger charge is -2.66. The minimum Gasteiger partial charge on any atom is -0.511 e. The number of allylic oxidation sites excluding steroid dienone is 3. The molecular weight excluding hydrogens is 464 g/mol. The zero-order valence-corrected chi connectivity index (χ0v) is 22.3. The molecule has 0 amide bonds. The van der Waals surface area contributed by atoms with E-state index < -0.39 is 50.8 Å². The van der Waals surface area contributed by atoms with Gasteiger partial charge in [-0.25, -0.2) is 0 Å². The summed E-state index contributed by atoms with van der Waals surface area (Å²) in [6.07, 6.45) is 2.14. The third-order valence-electron chi connectivity index (χ3n) is 11.0. The fourth-order valence-corrected chi connectivity index (χ4v) is 9.58. The van der Waals surface area contributed by atoms with Crippen molar-refractivity contribution in [3.05, 3.63) is 23.0 Å². The summed E-state index contributed by atoms with van der Waals surface area (Å²) in [7, 11) is 1.26. The van der Waals surface area contributed by atoms with E-state index >= 15 is 0 Å². The lowest BCUT2D eigenvalue weighted by Crippen LogP contribution is -2.71. The van der Waals surface area contributed by atoms with E-state index in [-0.39, 0.29) is 41.7 Å². The van der Waals surface area contributed by atoms with Crippen LogP contribution in [0.3, 0.4) is 0 Å². The standard InChI is InChI=1S/C28H36O8/c1-13-11-17-25(6,28(23(33)34-8)21(31)14(2)20(30)26(13,28)7)12-16-19-24(4,5)18(35-15(3)29)9-10-27(17,19)22(32)36-16/h11,16-19,30H,9-10,12H2,1-8H3/t16-,17+,18-,19+,25-,26-,27+,28+/m1/s1. The number of rotatable bonds is 2. The highest BCUT2D eigenvalue weighted by atomic mass is 16.6. The van der Waals surface area contributed by atoms with Gasteiger partial charge in [-0.3, -0.25) is 19.2 Å². The number of methoxy groups -OCH3 is 1. The number of carbonyl (C=O) groups is 4. The van der Waals surface area contributed by atoms with Crippen molar-refractivity contribution in [3.63, 3.8) is 0 Å².